The van der Waals surface area contributed by atoms with Crippen LogP contribution in [0.4, 0.5) is 8.78 Å². The van der Waals surface area contributed by atoms with Crippen LogP contribution in [0.1, 0.15) is 16.7 Å². The molecule has 1 aromatic rings. The number of halogens is 2. The lowest BCUT2D eigenvalue weighted by Crippen LogP contribution is -1.99. The largest absolute Gasteiger partial charge is 0.392 e. The third-order valence-electron chi connectivity index (χ3n) is 1.93. The van der Waals surface area contributed by atoms with Crippen molar-refractivity contribution >= 4 is 0 Å². The summed E-state index contributed by atoms with van der Waals surface area (Å²) in [4.78, 5) is 0. The molecule has 0 spiro atoms. The number of hydrogen-bond donors (Lipinski definition) is 1. The highest BCUT2D eigenvalue weighted by Gasteiger charge is 2.11. The third-order valence-corrected chi connectivity index (χ3v) is 1.93. The molecule has 1 aromatic carbocycles. The molecule has 0 aliphatic carbocycles. The minimum atomic E-state index is -0.644. The first-order chi connectivity index (χ1) is 5.57. The average Bonchev–Trinajstić information content (AvgIpc) is 2.01. The molecule has 12 heavy (non-hydrogen) atoms. The second kappa shape index (κ2) is 3.19. The van der Waals surface area contributed by atoms with E-state index in [1.54, 1.807) is 6.92 Å². The van der Waals surface area contributed by atoms with E-state index in [1.807, 2.05) is 0 Å². The van der Waals surface area contributed by atoms with Gasteiger partial charge >= 0.3 is 0 Å². The second-order valence-corrected chi connectivity index (χ2v) is 2.75. The monoisotopic (exact) mass is 172 g/mol. The molecule has 3 heteroatoms. The smallest absolute Gasteiger partial charge is 0.134 e. The van der Waals surface area contributed by atoms with Crippen molar-refractivity contribution in [1.29, 1.82) is 0 Å². The van der Waals surface area contributed by atoms with Crippen LogP contribution in [0.2, 0.25) is 0 Å². The van der Waals surface area contributed by atoms with Crippen LogP contribution in [0.3, 0.4) is 0 Å². The summed E-state index contributed by atoms with van der Waals surface area (Å²) in [6.07, 6.45) is 0. The Bertz CT molecular complexity index is 308. The zero-order chi connectivity index (χ0) is 9.30. The van der Waals surface area contributed by atoms with Gasteiger partial charge in [0.15, 0.2) is 0 Å². The zero-order valence-corrected chi connectivity index (χ0v) is 6.99. The summed E-state index contributed by atoms with van der Waals surface area (Å²) in [5.74, 6) is -1.21. The molecule has 0 heterocycles. The molecule has 0 bridgehead atoms. The summed E-state index contributed by atoms with van der Waals surface area (Å²) >= 11 is 0. The van der Waals surface area contributed by atoms with Crippen LogP contribution >= 0.6 is 0 Å². The lowest BCUT2D eigenvalue weighted by molar-refractivity contribution is 0.274. The molecule has 0 atom stereocenters. The number of hydrogen-bond acceptors (Lipinski definition) is 1. The summed E-state index contributed by atoms with van der Waals surface area (Å²) < 4.78 is 26.0. The van der Waals surface area contributed by atoms with Crippen LogP contribution in [-0.4, -0.2) is 5.11 Å². The molecule has 1 rings (SSSR count). The van der Waals surface area contributed by atoms with E-state index in [-0.39, 0.29) is 11.1 Å². The Morgan fingerprint density at radius 1 is 1.33 bits per heavy atom. The lowest BCUT2D eigenvalue weighted by Gasteiger charge is -2.07. The predicted molar refractivity (Wildman–Crippen MR) is 41.8 cm³/mol. The van der Waals surface area contributed by atoms with E-state index < -0.39 is 18.2 Å². The van der Waals surface area contributed by atoms with E-state index in [2.05, 4.69) is 0 Å². The van der Waals surface area contributed by atoms with Crippen LogP contribution in [-0.2, 0) is 6.61 Å². The zero-order valence-electron chi connectivity index (χ0n) is 6.99. The van der Waals surface area contributed by atoms with E-state index in [1.165, 1.54) is 13.0 Å². The molecule has 66 valence electrons. The highest BCUT2D eigenvalue weighted by Crippen LogP contribution is 2.19. The van der Waals surface area contributed by atoms with Crippen LogP contribution in [0, 0.1) is 25.5 Å². The highest BCUT2D eigenvalue weighted by molar-refractivity contribution is 5.33. The Labute approximate surface area is 69.7 Å². The number of benzene rings is 1. The van der Waals surface area contributed by atoms with E-state index in [9.17, 15) is 8.78 Å². The van der Waals surface area contributed by atoms with Gasteiger partial charge in [0.05, 0.1) is 6.61 Å². The van der Waals surface area contributed by atoms with Crippen molar-refractivity contribution in [3.05, 3.63) is 34.4 Å². The fourth-order valence-corrected chi connectivity index (χ4v) is 1.08. The summed E-state index contributed by atoms with van der Waals surface area (Å²) in [7, 11) is 0. The SMILES string of the molecule is Cc1cc(F)c(C)c(F)c1CO. The minimum Gasteiger partial charge on any atom is -0.392 e. The molecule has 1 nitrogen and oxygen atoms in total. The Morgan fingerprint density at radius 2 is 1.92 bits per heavy atom. The summed E-state index contributed by atoms with van der Waals surface area (Å²) in [5.41, 5.74) is 0.580. The number of rotatable bonds is 1. The molecule has 0 aliphatic rings. The Balaban J connectivity index is 3.40. The molecule has 0 saturated heterocycles. The highest BCUT2D eigenvalue weighted by atomic mass is 19.1. The van der Waals surface area contributed by atoms with Crippen LogP contribution in [0.25, 0.3) is 0 Å². The first-order valence-electron chi connectivity index (χ1n) is 3.63. The standard InChI is InChI=1S/C9H10F2O/c1-5-3-8(10)6(2)9(11)7(5)4-12/h3,12H,4H2,1-2H3. The molecule has 0 fully saturated rings. The molecule has 0 amide bonds. The van der Waals surface area contributed by atoms with Crippen LogP contribution < -0.4 is 0 Å². The summed E-state index contributed by atoms with van der Waals surface area (Å²) in [5, 5.41) is 8.75. The summed E-state index contributed by atoms with van der Waals surface area (Å²) in [6, 6.07) is 1.23. The van der Waals surface area contributed by atoms with Gasteiger partial charge in [0.25, 0.3) is 0 Å². The first kappa shape index (κ1) is 9.13. The Morgan fingerprint density at radius 3 is 2.42 bits per heavy atom. The van der Waals surface area contributed by atoms with E-state index >= 15 is 0 Å². The van der Waals surface area contributed by atoms with Gasteiger partial charge in [-0.15, -0.1) is 0 Å². The van der Waals surface area contributed by atoms with Crippen molar-refractivity contribution in [3.8, 4) is 0 Å². The van der Waals surface area contributed by atoms with Gasteiger partial charge in [0.2, 0.25) is 0 Å². The number of aliphatic hydroxyl groups is 1. The lowest BCUT2D eigenvalue weighted by atomic mass is 10.0. The predicted octanol–water partition coefficient (Wildman–Crippen LogP) is 2.07. The van der Waals surface area contributed by atoms with Crippen molar-refractivity contribution in [2.24, 2.45) is 0 Å². The van der Waals surface area contributed by atoms with Crippen molar-refractivity contribution in [2.45, 2.75) is 20.5 Å². The van der Waals surface area contributed by atoms with Gasteiger partial charge in [0, 0.05) is 11.1 Å². The second-order valence-electron chi connectivity index (χ2n) is 2.75. The van der Waals surface area contributed by atoms with Gasteiger partial charge in [0.1, 0.15) is 11.6 Å². The molecular formula is C9H10F2O. The molecular weight excluding hydrogens is 162 g/mol. The molecule has 0 radical (unpaired) electrons. The van der Waals surface area contributed by atoms with Gasteiger partial charge in [-0.3, -0.25) is 0 Å². The first-order valence-corrected chi connectivity index (χ1v) is 3.63. The van der Waals surface area contributed by atoms with Crippen LogP contribution in [0.15, 0.2) is 6.07 Å². The summed E-state index contributed by atoms with van der Waals surface area (Å²) in [6.45, 7) is 2.53. The van der Waals surface area contributed by atoms with Crippen molar-refractivity contribution in [2.75, 3.05) is 0 Å². The number of aryl methyl sites for hydroxylation is 1. The maximum Gasteiger partial charge on any atom is 0.134 e. The fraction of sp³-hybridized carbons (Fsp3) is 0.333. The topological polar surface area (TPSA) is 20.2 Å². The van der Waals surface area contributed by atoms with Gasteiger partial charge in [-0.05, 0) is 25.5 Å². The van der Waals surface area contributed by atoms with Crippen molar-refractivity contribution in [3.63, 3.8) is 0 Å². The van der Waals surface area contributed by atoms with E-state index in [0.29, 0.717) is 5.56 Å². The van der Waals surface area contributed by atoms with E-state index in [4.69, 9.17) is 5.11 Å². The van der Waals surface area contributed by atoms with Crippen molar-refractivity contribution in [1.82, 2.24) is 0 Å². The van der Waals surface area contributed by atoms with Crippen molar-refractivity contribution < 1.29 is 13.9 Å². The quantitative estimate of drug-likeness (QED) is 0.687. The van der Waals surface area contributed by atoms with Gasteiger partial charge in [-0.2, -0.15) is 0 Å². The average molecular weight is 172 g/mol. The van der Waals surface area contributed by atoms with Gasteiger partial charge < -0.3 is 5.11 Å². The third kappa shape index (κ3) is 1.32. The molecule has 0 saturated carbocycles. The van der Waals surface area contributed by atoms with E-state index in [0.717, 1.165) is 0 Å². The Kier molecular flexibility index (Phi) is 2.43. The maximum absolute atomic E-state index is 13.1. The van der Waals surface area contributed by atoms with Crippen LogP contribution in [0.5, 0.6) is 0 Å². The molecule has 0 aromatic heterocycles. The van der Waals surface area contributed by atoms with Gasteiger partial charge in [-0.1, -0.05) is 0 Å². The minimum absolute atomic E-state index is 0.0374. The number of aliphatic hydroxyl groups excluding tert-OH is 1. The molecule has 1 N–H and O–H groups in total. The van der Waals surface area contributed by atoms with Gasteiger partial charge in [-0.25, -0.2) is 8.78 Å². The normalized spacial score (nSPS) is 10.4. The maximum atomic E-state index is 13.1. The molecule has 0 unspecified atom stereocenters. The Hall–Kier alpha value is -0.960. The fourth-order valence-electron chi connectivity index (χ4n) is 1.08. The molecule has 0 aliphatic heterocycles.